The van der Waals surface area contributed by atoms with Gasteiger partial charge in [-0.05, 0) is 11.6 Å². The molecule has 1 aliphatic rings. The topological polar surface area (TPSA) is 104 Å². The predicted molar refractivity (Wildman–Crippen MR) is 102 cm³/mol. The standard InChI is InChI=1S/C19H19N3O4S/c23-17-12-27(25,26)11-15(17)20-21-18-14-8-4-5-9-16(14)22(19(18)24)10-13-6-2-1-3-7-13/h1-9,15,17,23-24H,10-12H2/t15-,17-/m0/s1. The molecule has 0 unspecified atom stereocenters. The lowest BCUT2D eigenvalue weighted by Crippen LogP contribution is -2.20. The number of para-hydroxylation sites is 1. The third-order valence-electron chi connectivity index (χ3n) is 4.70. The molecule has 1 aliphatic heterocycles. The molecule has 0 bridgehead atoms. The zero-order valence-electron chi connectivity index (χ0n) is 14.4. The van der Waals surface area contributed by atoms with E-state index < -0.39 is 22.0 Å². The fraction of sp³-hybridized carbons (Fsp3) is 0.263. The number of hydrogen-bond donors (Lipinski definition) is 2. The molecule has 0 amide bonds. The molecule has 1 aromatic heterocycles. The Balaban J connectivity index is 1.73. The lowest BCUT2D eigenvalue weighted by atomic mass is 10.2. The molecular formula is C19H19N3O4S. The van der Waals surface area contributed by atoms with Crippen molar-refractivity contribution in [1.29, 1.82) is 0 Å². The van der Waals surface area contributed by atoms with Gasteiger partial charge in [-0.3, -0.25) is 0 Å². The number of fused-ring (bicyclic) bond motifs is 1. The molecule has 4 rings (SSSR count). The molecule has 2 aromatic carbocycles. The maximum atomic E-state index is 11.6. The van der Waals surface area contributed by atoms with E-state index in [4.69, 9.17) is 0 Å². The molecule has 0 saturated carbocycles. The summed E-state index contributed by atoms with van der Waals surface area (Å²) < 4.78 is 25.0. The predicted octanol–water partition coefficient (Wildman–Crippen LogP) is 2.64. The highest BCUT2D eigenvalue weighted by Gasteiger charge is 2.36. The van der Waals surface area contributed by atoms with Gasteiger partial charge < -0.3 is 14.8 Å². The fourth-order valence-electron chi connectivity index (χ4n) is 3.35. The highest BCUT2D eigenvalue weighted by molar-refractivity contribution is 7.91. The Labute approximate surface area is 156 Å². The molecule has 0 aliphatic carbocycles. The summed E-state index contributed by atoms with van der Waals surface area (Å²) in [6.07, 6.45) is -1.07. The normalized spacial score (nSPS) is 22.0. The first kappa shape index (κ1) is 17.7. The Morgan fingerprint density at radius 3 is 2.44 bits per heavy atom. The van der Waals surface area contributed by atoms with Gasteiger partial charge in [-0.1, -0.05) is 48.5 Å². The number of benzene rings is 2. The number of rotatable bonds is 4. The zero-order chi connectivity index (χ0) is 19.0. The van der Waals surface area contributed by atoms with Crippen LogP contribution in [0.1, 0.15) is 5.56 Å². The average molecular weight is 385 g/mol. The fourth-order valence-corrected chi connectivity index (χ4v) is 5.04. The van der Waals surface area contributed by atoms with Gasteiger partial charge in [0.05, 0.1) is 29.7 Å². The van der Waals surface area contributed by atoms with E-state index in [-0.39, 0.29) is 23.1 Å². The van der Waals surface area contributed by atoms with E-state index in [9.17, 15) is 18.6 Å². The Bertz CT molecular complexity index is 1110. The molecule has 0 radical (unpaired) electrons. The first-order chi connectivity index (χ1) is 12.9. The largest absolute Gasteiger partial charge is 0.493 e. The Morgan fingerprint density at radius 2 is 1.74 bits per heavy atom. The summed E-state index contributed by atoms with van der Waals surface area (Å²) in [5.41, 5.74) is 2.10. The van der Waals surface area contributed by atoms with E-state index in [2.05, 4.69) is 10.2 Å². The van der Waals surface area contributed by atoms with Crippen LogP contribution in [0.5, 0.6) is 5.88 Å². The van der Waals surface area contributed by atoms with Crippen LogP contribution in [0.15, 0.2) is 64.8 Å². The maximum absolute atomic E-state index is 11.6. The van der Waals surface area contributed by atoms with Crippen LogP contribution in [0.4, 0.5) is 5.69 Å². The van der Waals surface area contributed by atoms with Gasteiger partial charge in [-0.2, -0.15) is 5.11 Å². The molecule has 140 valence electrons. The van der Waals surface area contributed by atoms with Gasteiger partial charge >= 0.3 is 0 Å². The molecule has 27 heavy (non-hydrogen) atoms. The van der Waals surface area contributed by atoms with Gasteiger partial charge in [0.25, 0.3) is 0 Å². The lowest BCUT2D eigenvalue weighted by Gasteiger charge is -2.07. The Morgan fingerprint density at radius 1 is 1.04 bits per heavy atom. The van der Waals surface area contributed by atoms with Crippen LogP contribution in [0.3, 0.4) is 0 Å². The van der Waals surface area contributed by atoms with Crippen LogP contribution in [0.2, 0.25) is 0 Å². The van der Waals surface area contributed by atoms with Crippen molar-refractivity contribution in [3.63, 3.8) is 0 Å². The van der Waals surface area contributed by atoms with Gasteiger partial charge in [0.2, 0.25) is 5.88 Å². The smallest absolute Gasteiger partial charge is 0.221 e. The second-order valence-corrected chi connectivity index (χ2v) is 8.84. The molecule has 1 fully saturated rings. The third-order valence-corrected chi connectivity index (χ3v) is 6.40. The quantitative estimate of drug-likeness (QED) is 0.674. The summed E-state index contributed by atoms with van der Waals surface area (Å²) in [6.45, 7) is 0.461. The number of hydrogen-bond acceptors (Lipinski definition) is 6. The van der Waals surface area contributed by atoms with Crippen molar-refractivity contribution in [1.82, 2.24) is 4.57 Å². The summed E-state index contributed by atoms with van der Waals surface area (Å²) in [6, 6.07) is 16.3. The van der Waals surface area contributed by atoms with Crippen LogP contribution >= 0.6 is 0 Å². The van der Waals surface area contributed by atoms with Crippen LogP contribution < -0.4 is 0 Å². The highest BCUT2D eigenvalue weighted by atomic mass is 32.2. The molecule has 0 spiro atoms. The van der Waals surface area contributed by atoms with Gasteiger partial charge in [-0.25, -0.2) is 8.42 Å². The first-order valence-corrected chi connectivity index (χ1v) is 10.4. The molecule has 1 saturated heterocycles. The van der Waals surface area contributed by atoms with Crippen LogP contribution in [0.25, 0.3) is 10.9 Å². The second kappa shape index (κ2) is 6.79. The number of azo groups is 1. The van der Waals surface area contributed by atoms with Crippen molar-refractivity contribution in [2.24, 2.45) is 10.2 Å². The number of aliphatic hydroxyl groups is 1. The molecule has 8 heteroatoms. The van der Waals surface area contributed by atoms with E-state index in [1.807, 2.05) is 54.6 Å². The zero-order valence-corrected chi connectivity index (χ0v) is 15.2. The second-order valence-electron chi connectivity index (χ2n) is 6.69. The van der Waals surface area contributed by atoms with E-state index in [0.717, 1.165) is 11.1 Å². The summed E-state index contributed by atoms with van der Waals surface area (Å²) >= 11 is 0. The monoisotopic (exact) mass is 385 g/mol. The Kier molecular flexibility index (Phi) is 4.45. The summed E-state index contributed by atoms with van der Waals surface area (Å²) in [4.78, 5) is 0. The number of aliphatic hydroxyl groups excluding tert-OH is 1. The number of aromatic hydroxyl groups is 1. The number of sulfone groups is 1. The molecular weight excluding hydrogens is 366 g/mol. The SMILES string of the molecule is O=S1(=O)C[C@H](N=Nc2c(O)n(Cc3ccccc3)c3ccccc23)[C@@H](O)C1. The molecule has 2 N–H and O–H groups in total. The minimum absolute atomic E-state index is 0.0425. The molecule has 3 aromatic rings. The minimum atomic E-state index is -3.31. The van der Waals surface area contributed by atoms with Crippen LogP contribution in [-0.4, -0.2) is 46.8 Å². The van der Waals surface area contributed by atoms with Gasteiger partial charge in [0, 0.05) is 5.39 Å². The van der Waals surface area contributed by atoms with E-state index >= 15 is 0 Å². The van der Waals surface area contributed by atoms with E-state index in [0.29, 0.717) is 11.9 Å². The molecule has 2 heterocycles. The molecule has 2 atom stereocenters. The Hall–Kier alpha value is -2.71. The van der Waals surface area contributed by atoms with Crippen molar-refractivity contribution in [2.45, 2.75) is 18.7 Å². The highest BCUT2D eigenvalue weighted by Crippen LogP contribution is 2.39. The minimum Gasteiger partial charge on any atom is -0.493 e. The lowest BCUT2D eigenvalue weighted by molar-refractivity contribution is 0.181. The summed E-state index contributed by atoms with van der Waals surface area (Å²) in [7, 11) is -3.31. The van der Waals surface area contributed by atoms with Crippen molar-refractivity contribution in [2.75, 3.05) is 11.5 Å². The van der Waals surface area contributed by atoms with Crippen molar-refractivity contribution in [3.05, 3.63) is 60.2 Å². The third kappa shape index (κ3) is 3.45. The maximum Gasteiger partial charge on any atom is 0.221 e. The van der Waals surface area contributed by atoms with E-state index in [1.54, 1.807) is 4.57 Å². The van der Waals surface area contributed by atoms with Crippen LogP contribution in [0, 0.1) is 0 Å². The van der Waals surface area contributed by atoms with Crippen molar-refractivity contribution in [3.8, 4) is 5.88 Å². The van der Waals surface area contributed by atoms with Gasteiger partial charge in [0.15, 0.2) is 15.5 Å². The van der Waals surface area contributed by atoms with Gasteiger partial charge in [-0.15, -0.1) is 5.11 Å². The average Bonchev–Trinajstić information content (AvgIpc) is 3.07. The number of aromatic nitrogens is 1. The number of nitrogens with zero attached hydrogens (tertiary/aromatic N) is 3. The van der Waals surface area contributed by atoms with Crippen molar-refractivity contribution < 1.29 is 18.6 Å². The first-order valence-electron chi connectivity index (χ1n) is 8.58. The van der Waals surface area contributed by atoms with E-state index in [1.165, 1.54) is 0 Å². The summed E-state index contributed by atoms with van der Waals surface area (Å²) in [5, 5.41) is 29.5. The van der Waals surface area contributed by atoms with Crippen LogP contribution in [-0.2, 0) is 16.4 Å². The van der Waals surface area contributed by atoms with Crippen molar-refractivity contribution >= 4 is 26.4 Å². The summed E-state index contributed by atoms with van der Waals surface area (Å²) in [5.74, 6) is -0.585. The molecule has 7 nitrogen and oxygen atoms in total. The van der Waals surface area contributed by atoms with Gasteiger partial charge in [0.1, 0.15) is 6.04 Å².